The van der Waals surface area contributed by atoms with Crippen molar-refractivity contribution < 1.29 is 157 Å². The Bertz CT molecular complexity index is 5560. The van der Waals surface area contributed by atoms with Crippen molar-refractivity contribution in [2.24, 2.45) is 11.8 Å². The summed E-state index contributed by atoms with van der Waals surface area (Å²) in [5.41, 5.74) is 1.13. The van der Waals surface area contributed by atoms with E-state index in [2.05, 4.69) is 109 Å². The van der Waals surface area contributed by atoms with Crippen molar-refractivity contribution in [3.05, 3.63) is 121 Å². The first kappa shape index (κ1) is 119. The van der Waals surface area contributed by atoms with Crippen molar-refractivity contribution in [2.45, 2.75) is 208 Å². The quantitative estimate of drug-likeness (QED) is 0.0159. The van der Waals surface area contributed by atoms with Gasteiger partial charge in [0.1, 0.15) is 66.5 Å². The van der Waals surface area contributed by atoms with Crippen LogP contribution in [0.1, 0.15) is 137 Å². The van der Waals surface area contributed by atoms with E-state index in [4.69, 9.17) is 5.11 Å². The van der Waals surface area contributed by atoms with Crippen LogP contribution in [0.15, 0.2) is 92.6 Å². The molecule has 11 atom stereocenters. The summed E-state index contributed by atoms with van der Waals surface area (Å²) < 4.78 is 0. The predicted molar refractivity (Wildman–Crippen MR) is 517 cm³/mol. The van der Waals surface area contributed by atoms with Crippen molar-refractivity contribution in [1.82, 2.24) is 129 Å². The Balaban J connectivity index is 0.935. The lowest BCUT2D eigenvalue weighted by molar-refractivity contribution is -0.141. The number of amides is 13. The number of urea groups is 1. The number of imidazole rings is 4. The van der Waals surface area contributed by atoms with Crippen LogP contribution in [0, 0.1) is 11.8 Å². The fourth-order valence-corrected chi connectivity index (χ4v) is 16.6. The second kappa shape index (κ2) is 61.2. The highest BCUT2D eigenvalue weighted by atomic mass is 16.4. The van der Waals surface area contributed by atoms with E-state index in [1.54, 1.807) is 0 Å². The number of unbranched alkanes of at least 4 members (excludes halogenated alkanes) is 1. The molecule has 8 rings (SSSR count). The molecule has 816 valence electrons. The predicted octanol–water partition coefficient (Wildman–Crippen LogP) is -5.18. The van der Waals surface area contributed by atoms with Crippen LogP contribution in [-0.4, -0.2) is 399 Å². The summed E-state index contributed by atoms with van der Waals surface area (Å²) >= 11 is 0. The molecule has 150 heavy (non-hydrogen) atoms. The standard InChI is InChI=1S/C93H127N25O32/c119-72(44-115-25-27-116(45-78(130)131)29-31-118(47-80(134)135)32-30-117(28-26-115)46-79(132)133)104-61(14-19-73(120)121)84(139)110-69(36-58-41-95-49-101-58)88(143)106-63(16-21-75(124)125)86(141)112-71(38-60-43-97-51-103-60)90(145)107-64(17-22-76(126)127)87(142)111-70(37-59-42-96-50-102-59)89(144)105-62(15-20-74(122)123)85(140)109-68(35-57-40-94-48-100-57)83(138)99-39-52-8-12-55(13-9-52)81(136)108-67(34-53-10-11-54-5-1-2-6-56(54)33-53)82(137)98-24-4-3-7-65(91(146)147)113-93(150)114-66(92(148)149)18-23-77(128)129/h1-2,5-6,10-11,33,40-43,48-52,55,61-71H,3-4,7-9,12-32,34-39,44-47H2,(H,94,100)(H,95,101)(H,96,102)(H,97,103)(H,98,137)(H,99,138)(H,104,119)(H,105,144)(H,106,143)(H,107,145)(H,108,136)(H,109,140)(H,110,139)(H,111,142)(H,112,141)(H,120,121)(H,122,123)(H,124,125)(H,126,127)(H,128,129)(H,130,131)(H,132,133)(H,134,135)(H,146,147)(H,148,149)(H2,113,114,150)/t52?,55?,61-,62-,63-,64-,65-,66-,67-,68-,69-,70-,71-/m0/s1. The molecule has 2 fully saturated rings. The Morgan fingerprint density at radius 2 is 0.620 bits per heavy atom. The topological polar surface area (TPSA) is 862 Å². The lowest BCUT2D eigenvalue weighted by atomic mass is 9.81. The Morgan fingerprint density at radius 1 is 0.307 bits per heavy atom. The largest absolute Gasteiger partial charge is 0.481 e. The molecule has 13 amide bonds. The lowest BCUT2D eigenvalue weighted by Crippen LogP contribution is -2.61. The maximum atomic E-state index is 14.9. The molecule has 1 saturated carbocycles. The number of benzene rings is 2. The second-order valence-corrected chi connectivity index (χ2v) is 36.2. The van der Waals surface area contributed by atoms with Gasteiger partial charge in [0.15, 0.2) is 0 Å². The molecule has 57 heteroatoms. The van der Waals surface area contributed by atoms with Gasteiger partial charge in [-0.1, -0.05) is 42.5 Å². The van der Waals surface area contributed by atoms with E-state index in [9.17, 15) is 151 Å². The molecular formula is C93H127N25O32. The summed E-state index contributed by atoms with van der Waals surface area (Å²) in [6.45, 7) is -2.05. The third-order valence-electron chi connectivity index (χ3n) is 24.7. The highest BCUT2D eigenvalue weighted by Crippen LogP contribution is 2.30. The Morgan fingerprint density at radius 3 is 0.967 bits per heavy atom. The summed E-state index contributed by atoms with van der Waals surface area (Å²) in [6.07, 6.45) is 2.52. The van der Waals surface area contributed by atoms with Crippen LogP contribution < -0.4 is 69.1 Å². The molecule has 0 bridgehead atoms. The second-order valence-electron chi connectivity index (χ2n) is 36.2. The summed E-state index contributed by atoms with van der Waals surface area (Å²) in [5, 5.41) is 131. The van der Waals surface area contributed by atoms with Crippen LogP contribution in [0.5, 0.6) is 0 Å². The number of carbonyl (C=O) groups is 22. The number of aromatic amines is 4. The molecule has 1 aliphatic carbocycles. The number of nitrogens with one attached hydrogen (secondary N) is 17. The van der Waals surface area contributed by atoms with E-state index in [0.29, 0.717) is 18.4 Å². The van der Waals surface area contributed by atoms with E-state index in [1.165, 1.54) is 69.7 Å². The third kappa shape index (κ3) is 43.3. The van der Waals surface area contributed by atoms with Crippen LogP contribution in [0.4, 0.5) is 4.79 Å². The number of H-pyrrole nitrogens is 4. The van der Waals surface area contributed by atoms with Gasteiger partial charge in [-0.25, -0.2) is 34.3 Å². The Hall–Kier alpha value is -16.5. The normalized spacial score (nSPS) is 16.5. The van der Waals surface area contributed by atoms with E-state index in [-0.39, 0.29) is 139 Å². The van der Waals surface area contributed by atoms with Crippen molar-refractivity contribution in [3.63, 3.8) is 0 Å². The zero-order chi connectivity index (χ0) is 109. The minimum Gasteiger partial charge on any atom is -0.481 e. The Labute approximate surface area is 855 Å². The number of aromatic nitrogens is 8. The van der Waals surface area contributed by atoms with Gasteiger partial charge in [-0.3, -0.25) is 111 Å². The highest BCUT2D eigenvalue weighted by molar-refractivity contribution is 6.00. The molecule has 0 spiro atoms. The van der Waals surface area contributed by atoms with Crippen molar-refractivity contribution in [2.75, 3.05) is 91.6 Å². The van der Waals surface area contributed by atoms with Crippen LogP contribution in [0.25, 0.3) is 10.8 Å². The van der Waals surface area contributed by atoms with E-state index >= 15 is 0 Å². The molecule has 1 aliphatic heterocycles. The van der Waals surface area contributed by atoms with Gasteiger partial charge in [0, 0.05) is 160 Å². The van der Waals surface area contributed by atoms with Gasteiger partial charge >= 0.3 is 65.7 Å². The maximum Gasteiger partial charge on any atom is 0.326 e. The lowest BCUT2D eigenvalue weighted by Gasteiger charge is -2.33. The van der Waals surface area contributed by atoms with Gasteiger partial charge in [0.05, 0.1) is 74.3 Å². The number of carboxylic acids is 10. The third-order valence-corrected chi connectivity index (χ3v) is 24.7. The summed E-state index contributed by atoms with van der Waals surface area (Å²) in [5.74, 6) is -26.1. The average Bonchev–Trinajstić information content (AvgIpc) is 1.17. The zero-order valence-corrected chi connectivity index (χ0v) is 81.7. The molecule has 2 aliphatic rings. The van der Waals surface area contributed by atoms with Gasteiger partial charge in [0.2, 0.25) is 65.0 Å². The van der Waals surface area contributed by atoms with Crippen molar-refractivity contribution in [3.8, 4) is 0 Å². The van der Waals surface area contributed by atoms with Gasteiger partial charge in [-0.15, -0.1) is 0 Å². The number of fused-ring (bicyclic) bond motifs is 1. The monoisotopic (exact) mass is 2110 g/mol. The maximum absolute atomic E-state index is 14.9. The molecule has 57 nitrogen and oxygen atoms in total. The molecule has 0 radical (unpaired) electrons. The molecule has 6 aromatic rings. The SMILES string of the molecule is O=C(O)CC[C@H](NC(=O)N[C@@H](CCCCNC(=O)[C@H](Cc1ccc2ccccc2c1)NC(=O)C1CCC(CNC(=O)[C@H](Cc2c[nH]cn2)NC(=O)[C@H](CCC(=O)O)NC(=O)[C@H](Cc2c[nH]cn2)NC(=O)[C@H](CCC(=O)O)NC(=O)[C@H](Cc2c[nH]cn2)NC(=O)[C@H](CCC(=O)O)NC(=O)[C@H](Cc2c[nH]cn2)NC(=O)[C@H](CCC(=O)O)NC(=O)CN2CCN(CC(=O)O)CCN(CC(=O)O)CCN(CC(=O)O)CC2)CC1)C(=O)O)C(=O)O. The fraction of sp³-hybridized carbons (Fsp3) is 0.527. The number of carboxylic acid groups (broad SMARTS) is 10. The number of carbonyl (C=O) groups excluding carboxylic acids is 12. The summed E-state index contributed by atoms with van der Waals surface area (Å²) in [4.78, 5) is 326. The van der Waals surface area contributed by atoms with Crippen LogP contribution in [0.3, 0.4) is 0 Å². The van der Waals surface area contributed by atoms with E-state index in [1.807, 2.05) is 42.5 Å². The molecule has 2 aromatic carbocycles. The Kier molecular flexibility index (Phi) is 48.5. The molecule has 1 saturated heterocycles. The minimum atomic E-state index is -1.98. The zero-order valence-electron chi connectivity index (χ0n) is 81.7. The highest BCUT2D eigenvalue weighted by Gasteiger charge is 2.40. The number of hydrogen-bond acceptors (Lipinski definition) is 30. The molecule has 4 aromatic heterocycles. The average molecular weight is 2110 g/mol. The van der Waals surface area contributed by atoms with E-state index in [0.717, 1.165) is 10.8 Å². The van der Waals surface area contributed by atoms with Crippen molar-refractivity contribution >= 4 is 141 Å². The van der Waals surface area contributed by atoms with Gasteiger partial charge < -0.3 is 140 Å². The first-order valence-electron chi connectivity index (χ1n) is 48.3. The van der Waals surface area contributed by atoms with Crippen LogP contribution in [0.2, 0.25) is 0 Å². The summed E-state index contributed by atoms with van der Waals surface area (Å²) in [7, 11) is 0. The van der Waals surface area contributed by atoms with E-state index < -0.39 is 313 Å². The molecule has 27 N–H and O–H groups in total. The number of rotatable bonds is 63. The number of nitrogens with zero attached hydrogens (tertiary/aromatic N) is 8. The van der Waals surface area contributed by atoms with Crippen LogP contribution >= 0.6 is 0 Å². The first-order valence-corrected chi connectivity index (χ1v) is 48.3. The smallest absolute Gasteiger partial charge is 0.326 e. The van der Waals surface area contributed by atoms with Gasteiger partial charge in [-0.2, -0.15) is 0 Å². The number of hydrogen-bond donors (Lipinski definition) is 27. The number of aliphatic carboxylic acids is 10. The molecule has 0 unspecified atom stereocenters. The molecule has 5 heterocycles. The van der Waals surface area contributed by atoms with Gasteiger partial charge in [0.25, 0.3) is 0 Å². The summed E-state index contributed by atoms with van der Waals surface area (Å²) in [6, 6.07) is -7.04. The minimum absolute atomic E-state index is 0.00636. The first-order chi connectivity index (χ1) is 71.5. The van der Waals surface area contributed by atoms with Crippen molar-refractivity contribution in [1.29, 1.82) is 0 Å². The molecular weight excluding hydrogens is 1980 g/mol. The van der Waals surface area contributed by atoms with Gasteiger partial charge in [-0.05, 0) is 99.3 Å². The van der Waals surface area contributed by atoms with Crippen LogP contribution in [-0.2, 0) is 133 Å². The fourth-order valence-electron chi connectivity index (χ4n) is 16.6.